The number of ether oxygens (including phenoxy) is 1. The summed E-state index contributed by atoms with van der Waals surface area (Å²) in [6.07, 6.45) is 5.64. The average Bonchev–Trinajstić information content (AvgIpc) is 2.93. The summed E-state index contributed by atoms with van der Waals surface area (Å²) in [7, 11) is 2.12. The second-order valence-corrected chi connectivity index (χ2v) is 8.10. The van der Waals surface area contributed by atoms with Gasteiger partial charge in [-0.2, -0.15) is 0 Å². The Labute approximate surface area is 181 Å². The lowest BCUT2D eigenvalue weighted by Crippen LogP contribution is -2.17. The fourth-order valence-electron chi connectivity index (χ4n) is 4.36. The molecule has 5 rings (SSSR count). The molecule has 0 saturated carbocycles. The van der Waals surface area contributed by atoms with E-state index in [1.165, 1.54) is 28.2 Å². The molecule has 0 bridgehead atoms. The number of hydrogen-bond donors (Lipinski definition) is 1. The highest BCUT2D eigenvalue weighted by Crippen LogP contribution is 2.29. The normalized spacial score (nSPS) is 13.7. The molecule has 0 atom stereocenters. The molecule has 6 nitrogen and oxygen atoms in total. The molecule has 1 N–H and O–H groups in total. The zero-order valence-electron chi connectivity index (χ0n) is 17.9. The summed E-state index contributed by atoms with van der Waals surface area (Å²) in [5, 5.41) is 4.75. The molecule has 6 heteroatoms. The lowest BCUT2D eigenvalue weighted by atomic mass is 10.1. The van der Waals surface area contributed by atoms with Gasteiger partial charge in [-0.15, -0.1) is 0 Å². The van der Waals surface area contributed by atoms with Crippen LogP contribution in [-0.4, -0.2) is 27.2 Å². The quantitative estimate of drug-likeness (QED) is 0.557. The van der Waals surface area contributed by atoms with Crippen molar-refractivity contribution >= 4 is 10.9 Å². The van der Waals surface area contributed by atoms with Gasteiger partial charge in [0.25, 0.3) is 5.56 Å². The van der Waals surface area contributed by atoms with Gasteiger partial charge in [0.05, 0.1) is 11.2 Å². The largest absolute Gasteiger partial charge is 0.489 e. The third-order valence-electron chi connectivity index (χ3n) is 6.06. The van der Waals surface area contributed by atoms with Gasteiger partial charge in [-0.05, 0) is 49.7 Å². The van der Waals surface area contributed by atoms with Crippen molar-refractivity contribution in [3.8, 4) is 11.4 Å². The van der Waals surface area contributed by atoms with E-state index in [-0.39, 0.29) is 5.56 Å². The molecular formula is C25H26N4O2. The second-order valence-electron chi connectivity index (χ2n) is 8.10. The number of aromatic nitrogens is 3. The predicted molar refractivity (Wildman–Crippen MR) is 122 cm³/mol. The van der Waals surface area contributed by atoms with Gasteiger partial charge in [0, 0.05) is 60.8 Å². The monoisotopic (exact) mass is 414 g/mol. The molecule has 0 spiro atoms. The van der Waals surface area contributed by atoms with Gasteiger partial charge in [0.2, 0.25) is 0 Å². The minimum Gasteiger partial charge on any atom is -0.489 e. The molecule has 0 amide bonds. The first kappa shape index (κ1) is 19.6. The Morgan fingerprint density at radius 2 is 1.97 bits per heavy atom. The Kier molecular flexibility index (Phi) is 5.08. The fourth-order valence-corrected chi connectivity index (χ4v) is 4.36. The van der Waals surface area contributed by atoms with E-state index in [0.717, 1.165) is 42.9 Å². The lowest BCUT2D eigenvalue weighted by Gasteiger charge is -2.10. The fraction of sp³-hybridized carbons (Fsp3) is 0.280. The summed E-state index contributed by atoms with van der Waals surface area (Å²) in [5.74, 6) is 0.556. The van der Waals surface area contributed by atoms with Crippen LogP contribution in [0.5, 0.6) is 5.75 Å². The van der Waals surface area contributed by atoms with Crippen LogP contribution in [0.4, 0.5) is 0 Å². The Morgan fingerprint density at radius 3 is 2.77 bits per heavy atom. The van der Waals surface area contributed by atoms with Crippen molar-refractivity contribution in [3.63, 3.8) is 0 Å². The van der Waals surface area contributed by atoms with E-state index in [0.29, 0.717) is 12.4 Å². The molecule has 0 saturated heterocycles. The van der Waals surface area contributed by atoms with Crippen molar-refractivity contribution in [2.24, 2.45) is 7.05 Å². The summed E-state index contributed by atoms with van der Waals surface area (Å²) < 4.78 is 9.74. The van der Waals surface area contributed by atoms with E-state index < -0.39 is 0 Å². The van der Waals surface area contributed by atoms with E-state index in [1.54, 1.807) is 17.0 Å². The Morgan fingerprint density at radius 1 is 1.10 bits per heavy atom. The summed E-state index contributed by atoms with van der Waals surface area (Å²) in [4.78, 5) is 17.1. The maximum absolute atomic E-state index is 12.8. The zero-order chi connectivity index (χ0) is 21.4. The predicted octanol–water partition coefficient (Wildman–Crippen LogP) is 3.30. The third kappa shape index (κ3) is 3.75. The number of benzene rings is 1. The van der Waals surface area contributed by atoms with Crippen LogP contribution in [0.3, 0.4) is 0 Å². The number of aryl methyl sites for hydroxylation is 2. The van der Waals surface area contributed by atoms with Crippen molar-refractivity contribution in [3.05, 3.63) is 87.7 Å². The first-order chi connectivity index (χ1) is 15.1. The molecule has 1 aliphatic rings. The van der Waals surface area contributed by atoms with Gasteiger partial charge < -0.3 is 14.6 Å². The van der Waals surface area contributed by atoms with Crippen LogP contribution in [0.2, 0.25) is 0 Å². The van der Waals surface area contributed by atoms with Gasteiger partial charge in [-0.1, -0.05) is 12.1 Å². The maximum Gasteiger partial charge on any atom is 0.258 e. The van der Waals surface area contributed by atoms with Crippen molar-refractivity contribution in [2.75, 3.05) is 13.1 Å². The van der Waals surface area contributed by atoms with E-state index in [4.69, 9.17) is 4.74 Å². The average molecular weight is 415 g/mol. The van der Waals surface area contributed by atoms with E-state index in [2.05, 4.69) is 34.0 Å². The minimum atomic E-state index is -0.112. The summed E-state index contributed by atoms with van der Waals surface area (Å²) in [6.45, 7) is 4.34. The van der Waals surface area contributed by atoms with Gasteiger partial charge >= 0.3 is 0 Å². The molecule has 31 heavy (non-hydrogen) atoms. The van der Waals surface area contributed by atoms with E-state index in [9.17, 15) is 4.79 Å². The van der Waals surface area contributed by atoms with E-state index >= 15 is 0 Å². The van der Waals surface area contributed by atoms with Crippen molar-refractivity contribution in [1.82, 2.24) is 19.4 Å². The number of pyridine rings is 2. The number of nitrogens with one attached hydrogen (secondary N) is 1. The number of fused-ring (bicyclic) bond motifs is 3. The highest BCUT2D eigenvalue weighted by Gasteiger charge is 2.17. The molecule has 4 heterocycles. The summed E-state index contributed by atoms with van der Waals surface area (Å²) in [5.41, 5.74) is 6.67. The number of nitrogens with zero attached hydrogens (tertiary/aromatic N) is 3. The standard InChI is InChI=1S/C25H26N4O2/c1-17-3-4-18(15-27-17)16-31-20-9-12-29(25(30)14-20)19-5-6-21-22-7-10-26-11-8-23(22)28(2)24(21)13-19/h3-6,9,12-15,26H,7-8,10-11,16H2,1-2H3. The highest BCUT2D eigenvalue weighted by atomic mass is 16.5. The van der Waals surface area contributed by atoms with Gasteiger partial charge in [0.15, 0.2) is 0 Å². The molecule has 0 radical (unpaired) electrons. The second kappa shape index (κ2) is 8.04. The minimum absolute atomic E-state index is 0.112. The van der Waals surface area contributed by atoms with Crippen LogP contribution < -0.4 is 15.6 Å². The summed E-state index contributed by atoms with van der Waals surface area (Å²) >= 11 is 0. The first-order valence-electron chi connectivity index (χ1n) is 10.7. The van der Waals surface area contributed by atoms with Crippen LogP contribution in [0.15, 0.2) is 59.7 Å². The Bertz CT molecular complexity index is 1300. The zero-order valence-corrected chi connectivity index (χ0v) is 17.9. The molecule has 0 fully saturated rings. The van der Waals surface area contributed by atoms with Gasteiger partial charge in [0.1, 0.15) is 12.4 Å². The molecule has 4 aromatic rings. The number of rotatable bonds is 4. The van der Waals surface area contributed by atoms with Crippen molar-refractivity contribution in [1.29, 1.82) is 0 Å². The molecule has 0 aliphatic carbocycles. The van der Waals surface area contributed by atoms with Crippen LogP contribution in [0, 0.1) is 6.92 Å². The van der Waals surface area contributed by atoms with Crippen LogP contribution in [-0.2, 0) is 26.5 Å². The van der Waals surface area contributed by atoms with Crippen LogP contribution in [0.1, 0.15) is 22.5 Å². The highest BCUT2D eigenvalue weighted by molar-refractivity contribution is 5.87. The van der Waals surface area contributed by atoms with Crippen LogP contribution in [0.25, 0.3) is 16.6 Å². The van der Waals surface area contributed by atoms with Gasteiger partial charge in [-0.25, -0.2) is 0 Å². The Hall–Kier alpha value is -3.38. The maximum atomic E-state index is 12.8. The molecule has 3 aromatic heterocycles. The SMILES string of the molecule is Cc1ccc(COc2ccn(-c3ccc4c5c(n(C)c4c3)CCNCC5)c(=O)c2)cn1. The topological polar surface area (TPSA) is 61.1 Å². The smallest absolute Gasteiger partial charge is 0.258 e. The lowest BCUT2D eigenvalue weighted by molar-refractivity contribution is 0.304. The molecule has 1 aliphatic heterocycles. The van der Waals surface area contributed by atoms with Gasteiger partial charge in [-0.3, -0.25) is 14.3 Å². The molecule has 158 valence electrons. The van der Waals surface area contributed by atoms with Crippen molar-refractivity contribution in [2.45, 2.75) is 26.4 Å². The summed E-state index contributed by atoms with van der Waals surface area (Å²) in [6, 6.07) is 13.6. The van der Waals surface area contributed by atoms with Crippen LogP contribution >= 0.6 is 0 Å². The van der Waals surface area contributed by atoms with Crippen molar-refractivity contribution < 1.29 is 4.74 Å². The Balaban J connectivity index is 1.42. The molecule has 1 aromatic carbocycles. The first-order valence-corrected chi connectivity index (χ1v) is 10.7. The molecule has 0 unspecified atom stereocenters. The van der Waals surface area contributed by atoms with E-state index in [1.807, 2.05) is 31.2 Å². The number of hydrogen-bond acceptors (Lipinski definition) is 4. The molecular weight excluding hydrogens is 388 g/mol. The third-order valence-corrected chi connectivity index (χ3v) is 6.06.